The number of fused-ring (bicyclic) bond motifs is 1. The van der Waals surface area contributed by atoms with E-state index < -0.39 is 5.97 Å². The van der Waals surface area contributed by atoms with Gasteiger partial charge >= 0.3 is 5.97 Å². The third-order valence-corrected chi connectivity index (χ3v) is 4.98. The number of aryl methyl sites for hydroxylation is 1. The summed E-state index contributed by atoms with van der Waals surface area (Å²) < 4.78 is 8.11. The molecule has 0 amide bonds. The minimum atomic E-state index is -1.06. The number of rotatable bonds is 5. The first-order valence-electron chi connectivity index (χ1n) is 8.77. The van der Waals surface area contributed by atoms with E-state index in [4.69, 9.17) is 4.74 Å². The Morgan fingerprint density at radius 1 is 1.23 bits per heavy atom. The van der Waals surface area contributed by atoms with E-state index in [1.165, 1.54) is 16.9 Å². The van der Waals surface area contributed by atoms with Crippen LogP contribution in [0.5, 0.6) is 11.6 Å². The van der Waals surface area contributed by atoms with Crippen LogP contribution in [0.4, 0.5) is 11.4 Å². The number of ether oxygens (including phenoxy) is 1. The average Bonchev–Trinajstić information content (AvgIpc) is 3.08. The Kier molecular flexibility index (Phi) is 5.08. The molecule has 0 saturated carbocycles. The number of carboxylic acids is 1. The first-order chi connectivity index (χ1) is 14.5. The van der Waals surface area contributed by atoms with Crippen LogP contribution in [0.25, 0.3) is 5.52 Å². The Morgan fingerprint density at radius 3 is 2.63 bits per heavy atom. The molecule has 0 saturated heterocycles. The fraction of sp³-hybridized carbons (Fsp3) is 0.0476. The van der Waals surface area contributed by atoms with Gasteiger partial charge in [-0.05, 0) is 42.8 Å². The number of anilines is 2. The van der Waals surface area contributed by atoms with Crippen molar-refractivity contribution in [3.63, 3.8) is 0 Å². The second-order valence-electron chi connectivity index (χ2n) is 6.38. The average molecular weight is 464 g/mol. The molecule has 0 fully saturated rings. The smallest absolute Gasteiger partial charge is 0.337 e. The maximum atomic E-state index is 11.5. The number of halogens is 1. The molecule has 0 atom stereocenters. The fourth-order valence-electron chi connectivity index (χ4n) is 3.00. The van der Waals surface area contributed by atoms with Crippen molar-refractivity contribution in [1.82, 2.24) is 14.6 Å². The summed E-state index contributed by atoms with van der Waals surface area (Å²) in [4.78, 5) is 15.8. The molecule has 30 heavy (non-hydrogen) atoms. The third-order valence-electron chi connectivity index (χ3n) is 4.45. The van der Waals surface area contributed by atoms with Gasteiger partial charge in [-0.3, -0.25) is 0 Å². The van der Waals surface area contributed by atoms with Gasteiger partial charge in [0.1, 0.15) is 11.8 Å². The van der Waals surface area contributed by atoms with Gasteiger partial charge in [0.25, 0.3) is 0 Å². The van der Waals surface area contributed by atoms with E-state index in [1.54, 1.807) is 25.3 Å². The van der Waals surface area contributed by atoms with E-state index >= 15 is 0 Å². The highest BCUT2D eigenvalue weighted by molar-refractivity contribution is 9.10. The van der Waals surface area contributed by atoms with E-state index in [0.29, 0.717) is 34.1 Å². The van der Waals surface area contributed by atoms with Gasteiger partial charge in [0, 0.05) is 16.7 Å². The molecule has 3 heterocycles. The molecule has 0 unspecified atom stereocenters. The molecular weight excluding hydrogens is 450 g/mol. The summed E-state index contributed by atoms with van der Waals surface area (Å²) >= 11 is 3.37. The van der Waals surface area contributed by atoms with Crippen molar-refractivity contribution < 1.29 is 14.6 Å². The van der Waals surface area contributed by atoms with Crippen molar-refractivity contribution in [3.8, 4) is 17.7 Å². The van der Waals surface area contributed by atoms with E-state index in [-0.39, 0.29) is 11.1 Å². The van der Waals surface area contributed by atoms with Gasteiger partial charge in [0.05, 0.1) is 40.4 Å². The SMILES string of the molecule is Cc1c(C(=O)O)cn2ncc(C#N)c(Nc3ccc(Oc4ccc(Br)cc4)nc3)c12. The fourth-order valence-corrected chi connectivity index (χ4v) is 3.26. The largest absolute Gasteiger partial charge is 0.478 e. The van der Waals surface area contributed by atoms with Crippen LogP contribution >= 0.6 is 15.9 Å². The molecule has 0 aliphatic heterocycles. The highest BCUT2D eigenvalue weighted by Gasteiger charge is 2.19. The number of carbonyl (C=O) groups is 1. The lowest BCUT2D eigenvalue weighted by Crippen LogP contribution is -2.01. The molecular formula is C21H14BrN5O3. The molecule has 0 spiro atoms. The number of hydrogen-bond donors (Lipinski definition) is 2. The van der Waals surface area contributed by atoms with Crippen molar-refractivity contribution in [1.29, 1.82) is 5.26 Å². The molecule has 8 nitrogen and oxygen atoms in total. The first-order valence-corrected chi connectivity index (χ1v) is 9.56. The van der Waals surface area contributed by atoms with Crippen molar-refractivity contribution in [2.75, 3.05) is 5.32 Å². The topological polar surface area (TPSA) is 113 Å². The Balaban J connectivity index is 1.66. The van der Waals surface area contributed by atoms with Crippen molar-refractivity contribution in [2.24, 2.45) is 0 Å². The van der Waals surface area contributed by atoms with Crippen LogP contribution in [-0.2, 0) is 0 Å². The van der Waals surface area contributed by atoms with Gasteiger partial charge < -0.3 is 15.2 Å². The van der Waals surface area contributed by atoms with Crippen molar-refractivity contribution in [2.45, 2.75) is 6.92 Å². The Labute approximate surface area is 179 Å². The molecule has 1 aromatic carbocycles. The number of pyridine rings is 1. The van der Waals surface area contributed by atoms with Gasteiger partial charge in [0.15, 0.2) is 0 Å². The minimum Gasteiger partial charge on any atom is -0.478 e. The van der Waals surface area contributed by atoms with Gasteiger partial charge in [-0.25, -0.2) is 14.3 Å². The molecule has 0 radical (unpaired) electrons. The zero-order valence-corrected chi connectivity index (χ0v) is 17.2. The van der Waals surface area contributed by atoms with Crippen molar-refractivity contribution >= 4 is 38.8 Å². The molecule has 3 aromatic heterocycles. The van der Waals surface area contributed by atoms with E-state index in [1.807, 2.05) is 24.3 Å². The molecule has 0 aliphatic rings. The zero-order chi connectivity index (χ0) is 21.3. The summed E-state index contributed by atoms with van der Waals surface area (Å²) in [6, 6.07) is 12.9. The number of benzene rings is 1. The Hall–Kier alpha value is -3.90. The summed E-state index contributed by atoms with van der Waals surface area (Å²) in [5, 5.41) is 26.2. The lowest BCUT2D eigenvalue weighted by Gasteiger charge is -2.11. The molecule has 9 heteroatoms. The summed E-state index contributed by atoms with van der Waals surface area (Å²) in [5.74, 6) is 0.00730. The van der Waals surface area contributed by atoms with Gasteiger partial charge in [-0.15, -0.1) is 0 Å². The Morgan fingerprint density at radius 2 is 2.00 bits per heavy atom. The zero-order valence-electron chi connectivity index (χ0n) is 15.6. The van der Waals surface area contributed by atoms with Gasteiger partial charge in [-0.2, -0.15) is 10.4 Å². The number of nitrogens with one attached hydrogen (secondary N) is 1. The molecule has 2 N–H and O–H groups in total. The van der Waals surface area contributed by atoms with Crippen LogP contribution in [0.15, 0.2) is 59.5 Å². The second kappa shape index (κ2) is 7.85. The van der Waals surface area contributed by atoms with Crippen LogP contribution in [0.1, 0.15) is 21.5 Å². The number of nitriles is 1. The monoisotopic (exact) mass is 463 g/mol. The van der Waals surface area contributed by atoms with Gasteiger partial charge in [-0.1, -0.05) is 15.9 Å². The molecule has 148 valence electrons. The summed E-state index contributed by atoms with van der Waals surface area (Å²) in [7, 11) is 0. The minimum absolute atomic E-state index is 0.122. The van der Waals surface area contributed by atoms with Gasteiger partial charge in [0.2, 0.25) is 5.88 Å². The normalized spacial score (nSPS) is 10.6. The van der Waals surface area contributed by atoms with Crippen LogP contribution in [0, 0.1) is 18.3 Å². The quantitative estimate of drug-likeness (QED) is 0.432. The first kappa shape index (κ1) is 19.4. The van der Waals surface area contributed by atoms with Crippen LogP contribution in [0.3, 0.4) is 0 Å². The number of hydrogen-bond acceptors (Lipinski definition) is 6. The van der Waals surface area contributed by atoms with Crippen LogP contribution < -0.4 is 10.1 Å². The predicted molar refractivity (Wildman–Crippen MR) is 113 cm³/mol. The summed E-state index contributed by atoms with van der Waals surface area (Å²) in [6.07, 6.45) is 4.38. The van der Waals surface area contributed by atoms with E-state index in [2.05, 4.69) is 37.4 Å². The number of nitrogens with zero attached hydrogens (tertiary/aromatic N) is 4. The number of carboxylic acid groups (broad SMARTS) is 1. The summed E-state index contributed by atoms with van der Waals surface area (Å²) in [5.41, 5.74) is 2.51. The highest BCUT2D eigenvalue weighted by atomic mass is 79.9. The van der Waals surface area contributed by atoms with Crippen molar-refractivity contribution in [3.05, 3.63) is 76.2 Å². The number of aromatic nitrogens is 3. The molecule has 0 bridgehead atoms. The molecule has 4 rings (SSSR count). The van der Waals surface area contributed by atoms with Crippen LogP contribution in [-0.4, -0.2) is 25.7 Å². The Bertz CT molecular complexity index is 1290. The second-order valence-corrected chi connectivity index (χ2v) is 7.29. The maximum Gasteiger partial charge on any atom is 0.337 e. The number of aromatic carboxylic acids is 1. The molecule has 4 aromatic rings. The van der Waals surface area contributed by atoms with E-state index in [0.717, 1.165) is 4.47 Å². The van der Waals surface area contributed by atoms with E-state index in [9.17, 15) is 15.2 Å². The standard InChI is InChI=1S/C21H14BrN5O3/c1-12-17(21(28)29)11-27-20(12)19(13(8-23)9-25-27)26-15-4-7-18(24-10-15)30-16-5-2-14(22)3-6-16/h2-7,9-11,26H,1H3,(H,28,29). The third kappa shape index (κ3) is 3.68. The summed E-state index contributed by atoms with van der Waals surface area (Å²) in [6.45, 7) is 1.68. The maximum absolute atomic E-state index is 11.5. The highest BCUT2D eigenvalue weighted by Crippen LogP contribution is 2.30. The lowest BCUT2D eigenvalue weighted by atomic mass is 10.1. The van der Waals surface area contributed by atoms with Crippen LogP contribution in [0.2, 0.25) is 0 Å². The lowest BCUT2D eigenvalue weighted by molar-refractivity contribution is 0.0696. The predicted octanol–water partition coefficient (Wildman–Crippen LogP) is 4.91. The molecule has 0 aliphatic carbocycles.